The Morgan fingerprint density at radius 2 is 0.880 bits per heavy atom. The number of nitrogens with two attached hydrogens (primary N) is 1. The maximum atomic E-state index is 12.9. The van der Waals surface area contributed by atoms with E-state index in [1.165, 1.54) is 109 Å². The molecule has 294 valence electrons. The number of aliphatic hydroxyl groups excluding tert-OH is 1. The van der Waals surface area contributed by atoms with Gasteiger partial charge in [-0.2, -0.15) is 0 Å². The topological polar surface area (TPSA) is 98.8 Å². The van der Waals surface area contributed by atoms with E-state index in [1.54, 1.807) is 20.8 Å². The van der Waals surface area contributed by atoms with Gasteiger partial charge < -0.3 is 20.3 Å². The Labute approximate surface area is 310 Å². The number of rotatable bonds is 36. The molecule has 0 fully saturated rings. The highest BCUT2D eigenvalue weighted by molar-refractivity contribution is 5.70. The van der Waals surface area contributed by atoms with Gasteiger partial charge in [-0.15, -0.1) is 0 Å². The molecule has 0 aliphatic heterocycles. The predicted molar refractivity (Wildman–Crippen MR) is 213 cm³/mol. The minimum absolute atomic E-state index is 0.259. The highest BCUT2D eigenvalue weighted by Crippen LogP contribution is 2.25. The standard InChI is InChI=1S/C44H83NO5/c1-6-8-10-12-14-16-18-20-22-24-26-28-30-32-34-36-41(47)49-39(3)43(40(38-46)44(4,5)45)50-42(48)37-35-33-31-29-27-25-23-21-19-17-15-13-11-9-7-2/h20-23,39-40,43,46H,6-19,24-38,45H2,1-5H3/b22-20-,23-21-. The third-order valence-electron chi connectivity index (χ3n) is 9.88. The molecule has 0 aromatic rings. The van der Waals surface area contributed by atoms with Gasteiger partial charge in [-0.05, 0) is 85.0 Å². The first kappa shape index (κ1) is 48.3. The fraction of sp³-hybridized carbons (Fsp3) is 0.864. The third kappa shape index (κ3) is 30.0. The normalized spacial score (nSPS) is 14.0. The van der Waals surface area contributed by atoms with Gasteiger partial charge in [-0.1, -0.05) is 141 Å². The summed E-state index contributed by atoms with van der Waals surface area (Å²) >= 11 is 0. The lowest BCUT2D eigenvalue weighted by Crippen LogP contribution is -2.53. The minimum atomic E-state index is -0.813. The van der Waals surface area contributed by atoms with Crippen LogP contribution in [0.5, 0.6) is 0 Å². The molecule has 0 rings (SSSR count). The van der Waals surface area contributed by atoms with E-state index in [9.17, 15) is 14.7 Å². The van der Waals surface area contributed by atoms with E-state index in [0.29, 0.717) is 12.8 Å². The number of carbonyl (C=O) groups is 2. The number of hydrogen-bond donors (Lipinski definition) is 2. The molecule has 3 unspecified atom stereocenters. The number of ether oxygens (including phenoxy) is 2. The van der Waals surface area contributed by atoms with Crippen LogP contribution in [0.3, 0.4) is 0 Å². The summed E-state index contributed by atoms with van der Waals surface area (Å²) in [5, 5.41) is 10.2. The van der Waals surface area contributed by atoms with E-state index >= 15 is 0 Å². The van der Waals surface area contributed by atoms with Crippen molar-refractivity contribution < 1.29 is 24.2 Å². The van der Waals surface area contributed by atoms with Gasteiger partial charge in [0.15, 0.2) is 0 Å². The van der Waals surface area contributed by atoms with Crippen molar-refractivity contribution in [1.29, 1.82) is 0 Å². The number of carbonyl (C=O) groups excluding carboxylic acids is 2. The van der Waals surface area contributed by atoms with E-state index in [0.717, 1.165) is 57.8 Å². The molecule has 0 heterocycles. The second-order valence-corrected chi connectivity index (χ2v) is 15.4. The third-order valence-corrected chi connectivity index (χ3v) is 9.88. The lowest BCUT2D eigenvalue weighted by molar-refractivity contribution is -0.175. The molecule has 0 aromatic heterocycles. The molecule has 3 atom stereocenters. The lowest BCUT2D eigenvalue weighted by atomic mass is 9.82. The van der Waals surface area contributed by atoms with E-state index in [4.69, 9.17) is 15.2 Å². The summed E-state index contributed by atoms with van der Waals surface area (Å²) in [5.74, 6) is -1.17. The molecule has 0 aliphatic carbocycles. The molecular weight excluding hydrogens is 622 g/mol. The monoisotopic (exact) mass is 706 g/mol. The van der Waals surface area contributed by atoms with Gasteiger partial charge in [0.1, 0.15) is 12.2 Å². The van der Waals surface area contributed by atoms with Gasteiger partial charge in [0.25, 0.3) is 0 Å². The fourth-order valence-electron chi connectivity index (χ4n) is 6.49. The van der Waals surface area contributed by atoms with E-state index in [1.807, 2.05) is 0 Å². The molecule has 0 bridgehead atoms. The summed E-state index contributed by atoms with van der Waals surface area (Å²) < 4.78 is 11.6. The molecule has 0 spiro atoms. The molecule has 0 saturated carbocycles. The zero-order chi connectivity index (χ0) is 37.1. The van der Waals surface area contributed by atoms with Crippen molar-refractivity contribution in [3.63, 3.8) is 0 Å². The first-order chi connectivity index (χ1) is 24.2. The Bertz CT molecular complexity index is 833. The van der Waals surface area contributed by atoms with Crippen LogP contribution < -0.4 is 5.73 Å². The van der Waals surface area contributed by atoms with Gasteiger partial charge in [0.05, 0.1) is 6.61 Å². The summed E-state index contributed by atoms with van der Waals surface area (Å²) in [4.78, 5) is 25.6. The van der Waals surface area contributed by atoms with Crippen molar-refractivity contribution in [1.82, 2.24) is 0 Å². The van der Waals surface area contributed by atoms with Crippen molar-refractivity contribution in [3.05, 3.63) is 24.3 Å². The summed E-state index contributed by atoms with van der Waals surface area (Å²) in [6.45, 7) is 9.61. The Balaban J connectivity index is 4.27. The van der Waals surface area contributed by atoms with Crippen LogP contribution in [0.2, 0.25) is 0 Å². The zero-order valence-corrected chi connectivity index (χ0v) is 33.7. The first-order valence-electron chi connectivity index (χ1n) is 21.3. The van der Waals surface area contributed by atoms with Crippen LogP contribution in [0.15, 0.2) is 24.3 Å². The molecule has 6 heteroatoms. The molecule has 50 heavy (non-hydrogen) atoms. The Kier molecular flexibility index (Phi) is 33.3. The SMILES string of the molecule is CCCCCCCC/C=C\CCCCCCCC(=O)OC(C)C(OC(=O)CCCCCCC/C=C\CCCCCCCC)C(CO)C(C)(C)N. The molecule has 3 N–H and O–H groups in total. The first-order valence-corrected chi connectivity index (χ1v) is 21.3. The quantitative estimate of drug-likeness (QED) is 0.0382. The van der Waals surface area contributed by atoms with Crippen LogP contribution in [0.1, 0.15) is 214 Å². The summed E-state index contributed by atoms with van der Waals surface area (Å²) in [5.41, 5.74) is 5.56. The predicted octanol–water partition coefficient (Wildman–Crippen LogP) is 12.3. The molecule has 0 amide bonds. The van der Waals surface area contributed by atoms with E-state index in [-0.39, 0.29) is 18.5 Å². The van der Waals surface area contributed by atoms with Crippen LogP contribution in [0.4, 0.5) is 0 Å². The highest BCUT2D eigenvalue weighted by atomic mass is 16.6. The van der Waals surface area contributed by atoms with Gasteiger partial charge in [0.2, 0.25) is 0 Å². The largest absolute Gasteiger partial charge is 0.459 e. The molecule has 0 aliphatic rings. The number of allylic oxidation sites excluding steroid dienone is 4. The van der Waals surface area contributed by atoms with Crippen LogP contribution in [0, 0.1) is 5.92 Å². The van der Waals surface area contributed by atoms with Gasteiger partial charge in [-0.3, -0.25) is 9.59 Å². The second-order valence-electron chi connectivity index (χ2n) is 15.4. The molecule has 0 saturated heterocycles. The maximum absolute atomic E-state index is 12.9. The fourth-order valence-corrected chi connectivity index (χ4v) is 6.49. The van der Waals surface area contributed by atoms with Crippen molar-refractivity contribution in [2.75, 3.05) is 6.61 Å². The van der Waals surface area contributed by atoms with Crippen molar-refractivity contribution in [3.8, 4) is 0 Å². The van der Waals surface area contributed by atoms with E-state index in [2.05, 4.69) is 38.2 Å². The molecular formula is C44H83NO5. The van der Waals surface area contributed by atoms with Crippen LogP contribution in [-0.2, 0) is 19.1 Å². The van der Waals surface area contributed by atoms with Crippen molar-refractivity contribution in [2.24, 2.45) is 11.7 Å². The zero-order valence-electron chi connectivity index (χ0n) is 33.7. The van der Waals surface area contributed by atoms with Crippen molar-refractivity contribution >= 4 is 11.9 Å². The average Bonchev–Trinajstić information content (AvgIpc) is 3.07. The maximum Gasteiger partial charge on any atom is 0.306 e. The summed E-state index contributed by atoms with van der Waals surface area (Å²) in [6.07, 6.45) is 39.7. The Morgan fingerprint density at radius 3 is 1.22 bits per heavy atom. The second kappa shape index (κ2) is 34.4. The molecule has 6 nitrogen and oxygen atoms in total. The lowest BCUT2D eigenvalue weighted by Gasteiger charge is -2.37. The molecule has 0 aromatic carbocycles. The van der Waals surface area contributed by atoms with E-state index < -0.39 is 23.7 Å². The van der Waals surface area contributed by atoms with Gasteiger partial charge in [0, 0.05) is 24.3 Å². The highest BCUT2D eigenvalue weighted by Gasteiger charge is 2.39. The van der Waals surface area contributed by atoms with Crippen LogP contribution in [-0.4, -0.2) is 41.4 Å². The summed E-state index contributed by atoms with van der Waals surface area (Å²) in [6, 6.07) is 0. The van der Waals surface area contributed by atoms with Crippen molar-refractivity contribution in [2.45, 2.75) is 232 Å². The van der Waals surface area contributed by atoms with Gasteiger partial charge in [-0.25, -0.2) is 0 Å². The minimum Gasteiger partial charge on any atom is -0.459 e. The van der Waals surface area contributed by atoms with Crippen LogP contribution >= 0.6 is 0 Å². The number of aliphatic hydroxyl groups is 1. The summed E-state index contributed by atoms with van der Waals surface area (Å²) in [7, 11) is 0. The Hall–Kier alpha value is -1.66. The Morgan fingerprint density at radius 1 is 0.560 bits per heavy atom. The number of esters is 2. The molecule has 0 radical (unpaired) electrons. The van der Waals surface area contributed by atoms with Gasteiger partial charge >= 0.3 is 11.9 Å². The average molecular weight is 706 g/mol. The number of hydrogen-bond acceptors (Lipinski definition) is 6. The number of unbranched alkanes of at least 4 members (excludes halogenated alkanes) is 22. The van der Waals surface area contributed by atoms with Crippen LogP contribution in [0.25, 0.3) is 0 Å². The smallest absolute Gasteiger partial charge is 0.306 e.